The first-order chi connectivity index (χ1) is 11.5. The molecule has 0 aliphatic heterocycles. The fourth-order valence-corrected chi connectivity index (χ4v) is 2.64. The zero-order valence-electron chi connectivity index (χ0n) is 14.1. The Labute approximate surface area is 149 Å². The Bertz CT molecular complexity index is 825. The van der Waals surface area contributed by atoms with Crippen LogP contribution in [0.5, 0.6) is 0 Å². The second-order valence-corrected chi connectivity index (χ2v) is 7.55. The predicted octanol–water partition coefficient (Wildman–Crippen LogP) is 6.55. The van der Waals surface area contributed by atoms with Crippen LogP contribution in [0.4, 0.5) is 23.2 Å². The minimum atomic E-state index is -1.21. The number of allylic oxidation sites excluding steroid dienone is 1. The fourth-order valence-electron chi connectivity index (χ4n) is 2.48. The molecule has 0 unspecified atom stereocenters. The van der Waals surface area contributed by atoms with Gasteiger partial charge in [-0.15, -0.1) is 11.6 Å². The summed E-state index contributed by atoms with van der Waals surface area (Å²) in [7, 11) is 0. The molecule has 0 aliphatic rings. The topological polar surface area (TPSA) is 12.0 Å². The summed E-state index contributed by atoms with van der Waals surface area (Å²) >= 11 is 6.11. The summed E-state index contributed by atoms with van der Waals surface area (Å²) in [4.78, 5) is -0.564. The molecule has 2 aromatic rings. The molecule has 0 spiro atoms. The van der Waals surface area contributed by atoms with Crippen molar-refractivity contribution in [3.8, 4) is 11.1 Å². The van der Waals surface area contributed by atoms with Gasteiger partial charge in [0, 0.05) is 45.9 Å². The van der Waals surface area contributed by atoms with E-state index in [1.54, 1.807) is 13.8 Å². The molecule has 0 fully saturated rings. The van der Waals surface area contributed by atoms with E-state index in [9.17, 15) is 17.6 Å². The SMILES string of the molecule is C=C(CC(C)(C)Cl)Nc1cc(F)c(F)c(-c2cc(C)c(F)cc2F)c1. The van der Waals surface area contributed by atoms with Crippen molar-refractivity contribution in [1.29, 1.82) is 0 Å². The van der Waals surface area contributed by atoms with Crippen molar-refractivity contribution in [2.24, 2.45) is 0 Å². The molecule has 134 valence electrons. The molecule has 0 atom stereocenters. The van der Waals surface area contributed by atoms with Crippen LogP contribution in [0.15, 0.2) is 36.5 Å². The van der Waals surface area contributed by atoms with Crippen LogP contribution in [0.1, 0.15) is 25.8 Å². The van der Waals surface area contributed by atoms with Gasteiger partial charge in [0.2, 0.25) is 0 Å². The second kappa shape index (κ2) is 7.08. The maximum Gasteiger partial charge on any atom is 0.166 e. The molecule has 2 rings (SSSR count). The Morgan fingerprint density at radius 2 is 1.64 bits per heavy atom. The maximum absolute atomic E-state index is 14.2. The van der Waals surface area contributed by atoms with Gasteiger partial charge in [-0.05, 0) is 38.5 Å². The number of hydrogen-bond acceptors (Lipinski definition) is 1. The van der Waals surface area contributed by atoms with Crippen molar-refractivity contribution in [1.82, 2.24) is 0 Å². The quantitative estimate of drug-likeness (QED) is 0.464. The number of hydrogen-bond donors (Lipinski definition) is 1. The van der Waals surface area contributed by atoms with Crippen LogP contribution < -0.4 is 5.32 Å². The van der Waals surface area contributed by atoms with Crippen molar-refractivity contribution < 1.29 is 17.6 Å². The van der Waals surface area contributed by atoms with Crippen LogP contribution in [0.2, 0.25) is 0 Å². The van der Waals surface area contributed by atoms with Gasteiger partial charge in [-0.2, -0.15) is 0 Å². The number of halogens is 5. The molecule has 0 bridgehead atoms. The smallest absolute Gasteiger partial charge is 0.166 e. The molecule has 0 saturated carbocycles. The Morgan fingerprint density at radius 1 is 1.00 bits per heavy atom. The molecule has 0 aromatic heterocycles. The van der Waals surface area contributed by atoms with E-state index in [-0.39, 0.29) is 22.4 Å². The molecule has 1 N–H and O–H groups in total. The molecular weight excluding hydrogens is 354 g/mol. The third kappa shape index (κ3) is 4.75. The molecule has 0 radical (unpaired) electrons. The number of rotatable bonds is 5. The monoisotopic (exact) mass is 371 g/mol. The van der Waals surface area contributed by atoms with E-state index in [4.69, 9.17) is 11.6 Å². The van der Waals surface area contributed by atoms with E-state index < -0.39 is 28.1 Å². The van der Waals surface area contributed by atoms with Crippen LogP contribution in [-0.2, 0) is 0 Å². The zero-order valence-corrected chi connectivity index (χ0v) is 14.9. The van der Waals surface area contributed by atoms with Gasteiger partial charge in [0.05, 0.1) is 0 Å². The average Bonchev–Trinajstić information content (AvgIpc) is 2.44. The number of nitrogens with one attached hydrogen (secondary N) is 1. The molecule has 1 nitrogen and oxygen atoms in total. The molecule has 0 heterocycles. The van der Waals surface area contributed by atoms with Crippen molar-refractivity contribution in [2.75, 3.05) is 5.32 Å². The lowest BCUT2D eigenvalue weighted by atomic mass is 10.0. The largest absolute Gasteiger partial charge is 0.359 e. The Morgan fingerprint density at radius 3 is 2.24 bits per heavy atom. The summed E-state index contributed by atoms with van der Waals surface area (Å²) in [5.41, 5.74) is 0.292. The summed E-state index contributed by atoms with van der Waals surface area (Å²) in [6, 6.07) is 3.99. The number of alkyl halides is 1. The summed E-state index contributed by atoms with van der Waals surface area (Å²) in [5.74, 6) is -4.09. The summed E-state index contributed by atoms with van der Waals surface area (Å²) in [6.45, 7) is 8.79. The summed E-state index contributed by atoms with van der Waals surface area (Å²) < 4.78 is 55.6. The van der Waals surface area contributed by atoms with Crippen LogP contribution >= 0.6 is 11.6 Å². The highest BCUT2D eigenvalue weighted by molar-refractivity contribution is 6.23. The van der Waals surface area contributed by atoms with E-state index in [2.05, 4.69) is 11.9 Å². The normalized spacial score (nSPS) is 11.5. The zero-order chi connectivity index (χ0) is 18.9. The van der Waals surface area contributed by atoms with Gasteiger partial charge < -0.3 is 5.32 Å². The van der Waals surface area contributed by atoms with Crippen LogP contribution in [0.25, 0.3) is 11.1 Å². The third-order valence-corrected chi connectivity index (χ3v) is 3.66. The minimum Gasteiger partial charge on any atom is -0.359 e. The van der Waals surface area contributed by atoms with Crippen molar-refractivity contribution in [3.63, 3.8) is 0 Å². The van der Waals surface area contributed by atoms with Gasteiger partial charge in [0.25, 0.3) is 0 Å². The van der Waals surface area contributed by atoms with E-state index in [1.165, 1.54) is 13.0 Å². The van der Waals surface area contributed by atoms with Crippen molar-refractivity contribution in [3.05, 3.63) is 65.4 Å². The minimum absolute atomic E-state index is 0.128. The highest BCUT2D eigenvalue weighted by Crippen LogP contribution is 2.32. The lowest BCUT2D eigenvalue weighted by Crippen LogP contribution is -2.14. The summed E-state index contributed by atoms with van der Waals surface area (Å²) in [5, 5.41) is 2.84. The maximum atomic E-state index is 14.2. The second-order valence-electron chi connectivity index (χ2n) is 6.52. The molecule has 6 heteroatoms. The number of anilines is 1. The molecular formula is C19H18ClF4N. The predicted molar refractivity (Wildman–Crippen MR) is 93.8 cm³/mol. The van der Waals surface area contributed by atoms with Crippen molar-refractivity contribution in [2.45, 2.75) is 32.1 Å². The molecule has 2 aromatic carbocycles. The van der Waals surface area contributed by atoms with Gasteiger partial charge >= 0.3 is 0 Å². The lowest BCUT2D eigenvalue weighted by Gasteiger charge is -2.19. The molecule has 0 amide bonds. The first-order valence-corrected chi connectivity index (χ1v) is 7.94. The highest BCUT2D eigenvalue weighted by atomic mass is 35.5. The molecule has 0 saturated heterocycles. The summed E-state index contributed by atoms with van der Waals surface area (Å²) in [6.07, 6.45) is 0.382. The number of benzene rings is 2. The van der Waals surface area contributed by atoms with E-state index in [1.807, 2.05) is 0 Å². The highest BCUT2D eigenvalue weighted by Gasteiger charge is 2.19. The first kappa shape index (κ1) is 19.3. The van der Waals surface area contributed by atoms with E-state index in [0.717, 1.165) is 12.1 Å². The Balaban J connectivity index is 2.45. The fraction of sp³-hybridized carbons (Fsp3) is 0.263. The number of aryl methyl sites for hydroxylation is 1. The third-order valence-electron chi connectivity index (χ3n) is 3.52. The average molecular weight is 372 g/mol. The lowest BCUT2D eigenvalue weighted by molar-refractivity contribution is 0.510. The standard InChI is InChI=1S/C19H18ClF4N/c1-10-5-13(16(22)8-15(10)21)14-6-12(7-17(23)18(14)24)25-11(2)9-19(3,4)20/h5-8,25H,2,9H2,1,3-4H3. The van der Waals surface area contributed by atoms with E-state index >= 15 is 0 Å². The van der Waals surface area contributed by atoms with Gasteiger partial charge in [-0.3, -0.25) is 0 Å². The molecule has 25 heavy (non-hydrogen) atoms. The van der Waals surface area contributed by atoms with Gasteiger partial charge in [-0.25, -0.2) is 17.6 Å². The van der Waals surface area contributed by atoms with Crippen LogP contribution in [0.3, 0.4) is 0 Å². The first-order valence-electron chi connectivity index (χ1n) is 7.56. The molecule has 0 aliphatic carbocycles. The Hall–Kier alpha value is -2.01. The van der Waals surface area contributed by atoms with Gasteiger partial charge in [-0.1, -0.05) is 6.58 Å². The van der Waals surface area contributed by atoms with E-state index in [0.29, 0.717) is 18.2 Å². The van der Waals surface area contributed by atoms with Crippen LogP contribution in [-0.4, -0.2) is 4.87 Å². The van der Waals surface area contributed by atoms with Crippen molar-refractivity contribution >= 4 is 17.3 Å². The van der Waals surface area contributed by atoms with Gasteiger partial charge in [0.1, 0.15) is 11.6 Å². The van der Waals surface area contributed by atoms with Gasteiger partial charge in [0.15, 0.2) is 11.6 Å². The Kier molecular flexibility index (Phi) is 5.47. The van der Waals surface area contributed by atoms with Crippen LogP contribution in [0, 0.1) is 30.2 Å².